The Labute approximate surface area is 101 Å². The Hall–Kier alpha value is -1.36. The molecule has 94 valence electrons. The van der Waals surface area contributed by atoms with E-state index in [1.807, 2.05) is 23.9 Å². The van der Waals surface area contributed by atoms with Gasteiger partial charge in [0.15, 0.2) is 0 Å². The molecule has 2 unspecified atom stereocenters. The number of hydrogen-bond acceptors (Lipinski definition) is 3. The van der Waals surface area contributed by atoms with Crippen LogP contribution in [0.4, 0.5) is 0 Å². The van der Waals surface area contributed by atoms with Gasteiger partial charge in [-0.1, -0.05) is 6.42 Å². The molecule has 1 aliphatic carbocycles. The Morgan fingerprint density at radius 2 is 2.47 bits per heavy atom. The van der Waals surface area contributed by atoms with Crippen LogP contribution in [-0.2, 0) is 11.3 Å². The van der Waals surface area contributed by atoms with Gasteiger partial charge in [-0.3, -0.25) is 9.48 Å². The maximum atomic E-state index is 11.4. The summed E-state index contributed by atoms with van der Waals surface area (Å²) in [6.45, 7) is 2.76. The molecule has 2 atom stereocenters. The van der Waals surface area contributed by atoms with E-state index >= 15 is 0 Å². The minimum Gasteiger partial charge on any atom is -0.368 e. The fraction of sp³-hybridized carbons (Fsp3) is 0.667. The molecule has 0 spiro atoms. The molecular formula is C12H20N4O. The van der Waals surface area contributed by atoms with E-state index < -0.39 is 5.54 Å². The first kappa shape index (κ1) is 12.1. The van der Waals surface area contributed by atoms with E-state index in [-0.39, 0.29) is 11.8 Å². The van der Waals surface area contributed by atoms with Crippen LogP contribution in [0.1, 0.15) is 31.4 Å². The van der Waals surface area contributed by atoms with Crippen LogP contribution >= 0.6 is 0 Å². The highest BCUT2D eigenvalue weighted by Gasteiger charge is 2.43. The largest absolute Gasteiger partial charge is 0.368 e. The van der Waals surface area contributed by atoms with E-state index in [1.54, 1.807) is 0 Å². The molecule has 0 aliphatic heterocycles. The van der Waals surface area contributed by atoms with Crippen molar-refractivity contribution in [1.29, 1.82) is 0 Å². The van der Waals surface area contributed by atoms with Crippen molar-refractivity contribution in [2.24, 2.45) is 17.4 Å². The molecule has 1 aromatic rings. The van der Waals surface area contributed by atoms with Gasteiger partial charge in [0.25, 0.3) is 0 Å². The maximum Gasteiger partial charge on any atom is 0.237 e. The van der Waals surface area contributed by atoms with Gasteiger partial charge in [-0.2, -0.15) is 5.10 Å². The van der Waals surface area contributed by atoms with Crippen LogP contribution in [0.3, 0.4) is 0 Å². The van der Waals surface area contributed by atoms with Crippen LogP contribution < -0.4 is 11.5 Å². The molecular weight excluding hydrogens is 216 g/mol. The van der Waals surface area contributed by atoms with Crippen LogP contribution in [0.2, 0.25) is 0 Å². The standard InChI is InChI=1S/C12H20N4O/c1-9-4-7-16(15-9)8-5-10-3-2-6-12(10,14)11(13)17/h4,7,10H,2-3,5-6,8,14H2,1H3,(H2,13,17). The normalized spacial score (nSPS) is 28.5. The zero-order valence-electron chi connectivity index (χ0n) is 10.2. The lowest BCUT2D eigenvalue weighted by Gasteiger charge is -2.27. The molecule has 1 fully saturated rings. The molecule has 17 heavy (non-hydrogen) atoms. The summed E-state index contributed by atoms with van der Waals surface area (Å²) in [7, 11) is 0. The van der Waals surface area contributed by atoms with Gasteiger partial charge in [-0.25, -0.2) is 0 Å². The number of aromatic nitrogens is 2. The number of rotatable bonds is 4. The van der Waals surface area contributed by atoms with E-state index in [1.165, 1.54) is 0 Å². The predicted octanol–water partition coefficient (Wildman–Crippen LogP) is 0.565. The summed E-state index contributed by atoms with van der Waals surface area (Å²) in [6, 6.07) is 1.97. The van der Waals surface area contributed by atoms with E-state index in [4.69, 9.17) is 11.5 Å². The second-order valence-corrected chi connectivity index (χ2v) is 5.00. The third-order valence-corrected chi connectivity index (χ3v) is 3.81. The Kier molecular flexibility index (Phi) is 3.19. The van der Waals surface area contributed by atoms with E-state index in [0.717, 1.165) is 31.5 Å². The molecule has 4 N–H and O–H groups in total. The number of hydrogen-bond donors (Lipinski definition) is 2. The zero-order valence-corrected chi connectivity index (χ0v) is 10.2. The van der Waals surface area contributed by atoms with Gasteiger partial charge in [0.1, 0.15) is 0 Å². The lowest BCUT2D eigenvalue weighted by atomic mass is 9.85. The summed E-state index contributed by atoms with van der Waals surface area (Å²) in [5, 5.41) is 4.32. The van der Waals surface area contributed by atoms with Gasteiger partial charge < -0.3 is 11.5 Å². The molecule has 0 aromatic carbocycles. The summed E-state index contributed by atoms with van der Waals surface area (Å²) in [5.74, 6) is -0.179. The molecule has 0 bridgehead atoms. The van der Waals surface area contributed by atoms with Crippen LogP contribution in [0.5, 0.6) is 0 Å². The van der Waals surface area contributed by atoms with Crippen molar-refractivity contribution >= 4 is 5.91 Å². The lowest BCUT2D eigenvalue weighted by molar-refractivity contribution is -0.124. The summed E-state index contributed by atoms with van der Waals surface area (Å²) >= 11 is 0. The van der Waals surface area contributed by atoms with Crippen LogP contribution in [0.25, 0.3) is 0 Å². The number of aryl methyl sites for hydroxylation is 2. The zero-order chi connectivity index (χ0) is 12.5. The average molecular weight is 236 g/mol. The summed E-state index contributed by atoms with van der Waals surface area (Å²) in [6.07, 6.45) is 5.50. The van der Waals surface area contributed by atoms with Gasteiger partial charge in [-0.15, -0.1) is 0 Å². The summed E-state index contributed by atoms with van der Waals surface area (Å²) in [4.78, 5) is 11.4. The van der Waals surface area contributed by atoms with Crippen LogP contribution in [0, 0.1) is 12.8 Å². The van der Waals surface area contributed by atoms with E-state index in [9.17, 15) is 4.79 Å². The van der Waals surface area contributed by atoms with Crippen molar-refractivity contribution in [2.45, 2.75) is 44.7 Å². The van der Waals surface area contributed by atoms with E-state index in [2.05, 4.69) is 5.10 Å². The van der Waals surface area contributed by atoms with Gasteiger partial charge >= 0.3 is 0 Å². The highest BCUT2D eigenvalue weighted by atomic mass is 16.1. The number of nitrogens with two attached hydrogens (primary N) is 2. The molecule has 1 aromatic heterocycles. The Bertz CT molecular complexity index is 414. The fourth-order valence-electron chi connectivity index (χ4n) is 2.70. The minimum atomic E-state index is -0.803. The predicted molar refractivity (Wildman–Crippen MR) is 65.0 cm³/mol. The van der Waals surface area contributed by atoms with Crippen LogP contribution in [0.15, 0.2) is 12.3 Å². The second-order valence-electron chi connectivity index (χ2n) is 5.00. The SMILES string of the molecule is Cc1ccn(CCC2CCCC2(N)C(N)=O)n1. The monoisotopic (exact) mass is 236 g/mol. The first-order chi connectivity index (χ1) is 8.02. The smallest absolute Gasteiger partial charge is 0.237 e. The molecule has 5 heteroatoms. The first-order valence-electron chi connectivity index (χ1n) is 6.11. The third-order valence-electron chi connectivity index (χ3n) is 3.81. The number of carbonyl (C=O) groups excluding carboxylic acids is 1. The highest BCUT2D eigenvalue weighted by Crippen LogP contribution is 2.36. The Morgan fingerprint density at radius 3 is 3.06 bits per heavy atom. The number of carbonyl (C=O) groups is 1. The van der Waals surface area contributed by atoms with Crippen molar-refractivity contribution in [2.75, 3.05) is 0 Å². The lowest BCUT2D eigenvalue weighted by Crippen LogP contribution is -2.54. The van der Waals surface area contributed by atoms with Crippen molar-refractivity contribution < 1.29 is 4.79 Å². The minimum absolute atomic E-state index is 0.185. The van der Waals surface area contributed by atoms with Crippen molar-refractivity contribution in [3.8, 4) is 0 Å². The van der Waals surface area contributed by atoms with Gasteiger partial charge in [-0.05, 0) is 38.2 Å². The van der Waals surface area contributed by atoms with Crippen LogP contribution in [-0.4, -0.2) is 21.2 Å². The number of primary amides is 1. The van der Waals surface area contributed by atoms with Gasteiger partial charge in [0, 0.05) is 12.7 Å². The second kappa shape index (κ2) is 4.49. The van der Waals surface area contributed by atoms with Gasteiger partial charge in [0.05, 0.1) is 11.2 Å². The molecule has 2 rings (SSSR count). The molecule has 1 aliphatic rings. The van der Waals surface area contributed by atoms with Crippen molar-refractivity contribution in [3.63, 3.8) is 0 Å². The Morgan fingerprint density at radius 1 is 1.71 bits per heavy atom. The average Bonchev–Trinajstić information content (AvgIpc) is 2.83. The van der Waals surface area contributed by atoms with E-state index in [0.29, 0.717) is 6.42 Å². The van der Waals surface area contributed by atoms with Gasteiger partial charge in [0.2, 0.25) is 5.91 Å². The fourth-order valence-corrected chi connectivity index (χ4v) is 2.70. The topological polar surface area (TPSA) is 86.9 Å². The quantitative estimate of drug-likeness (QED) is 0.801. The summed E-state index contributed by atoms with van der Waals surface area (Å²) < 4.78 is 1.90. The molecule has 0 radical (unpaired) electrons. The highest BCUT2D eigenvalue weighted by molar-refractivity contribution is 5.85. The molecule has 1 heterocycles. The molecule has 5 nitrogen and oxygen atoms in total. The molecule has 0 saturated heterocycles. The van der Waals surface area contributed by atoms with Crippen molar-refractivity contribution in [1.82, 2.24) is 9.78 Å². The maximum absolute atomic E-state index is 11.4. The van der Waals surface area contributed by atoms with Crippen molar-refractivity contribution in [3.05, 3.63) is 18.0 Å². The summed E-state index contributed by atoms with van der Waals surface area (Å²) in [5.41, 5.74) is 11.7. The first-order valence-corrected chi connectivity index (χ1v) is 6.11. The Balaban J connectivity index is 1.97. The third kappa shape index (κ3) is 2.34. The molecule has 1 amide bonds. The molecule has 1 saturated carbocycles. The number of amides is 1. The number of nitrogens with zero attached hydrogens (tertiary/aromatic N) is 2.